The predicted molar refractivity (Wildman–Crippen MR) is 64.0 cm³/mol. The highest BCUT2D eigenvalue weighted by Crippen LogP contribution is 1.97. The molecule has 15 heavy (non-hydrogen) atoms. The number of thiol groups is 1. The zero-order valence-corrected chi connectivity index (χ0v) is 10.3. The van der Waals surface area contributed by atoms with Crippen LogP contribution < -0.4 is 10.6 Å². The van der Waals surface area contributed by atoms with Crippen LogP contribution in [0.5, 0.6) is 0 Å². The largest absolute Gasteiger partial charge is 0.353 e. The lowest BCUT2D eigenvalue weighted by atomic mass is 10.1. The third-order valence-electron chi connectivity index (χ3n) is 1.96. The zero-order valence-electron chi connectivity index (χ0n) is 9.38. The average molecular weight is 232 g/mol. The molecule has 1 atom stereocenters. The van der Waals surface area contributed by atoms with E-state index in [1.54, 1.807) is 6.92 Å². The molecule has 2 amide bonds. The monoisotopic (exact) mass is 232 g/mol. The Morgan fingerprint density at radius 1 is 1.33 bits per heavy atom. The molecule has 2 N–H and O–H groups in total. The summed E-state index contributed by atoms with van der Waals surface area (Å²) in [5, 5.41) is 5.42. The highest BCUT2D eigenvalue weighted by atomic mass is 32.1. The van der Waals surface area contributed by atoms with Gasteiger partial charge in [0.2, 0.25) is 11.8 Å². The maximum Gasteiger partial charge on any atom is 0.242 e. The quantitative estimate of drug-likeness (QED) is 0.567. The van der Waals surface area contributed by atoms with Crippen LogP contribution in [0.15, 0.2) is 0 Å². The van der Waals surface area contributed by atoms with E-state index < -0.39 is 6.04 Å². The zero-order chi connectivity index (χ0) is 11.7. The number of amides is 2. The first-order valence-corrected chi connectivity index (χ1v) is 5.96. The first-order valence-electron chi connectivity index (χ1n) is 5.33. The second kappa shape index (κ2) is 8.59. The fourth-order valence-electron chi connectivity index (χ4n) is 1.16. The molecule has 0 heterocycles. The smallest absolute Gasteiger partial charge is 0.242 e. The van der Waals surface area contributed by atoms with Crippen LogP contribution in [0.2, 0.25) is 0 Å². The minimum atomic E-state index is -0.401. The Bertz CT molecular complexity index is 210. The van der Waals surface area contributed by atoms with Crippen LogP contribution in [-0.4, -0.2) is 30.2 Å². The molecule has 0 aliphatic rings. The summed E-state index contributed by atoms with van der Waals surface area (Å²) in [5.74, 6) is 0.397. The molecule has 0 rings (SSSR count). The lowest BCUT2D eigenvalue weighted by molar-refractivity contribution is -0.128. The van der Waals surface area contributed by atoms with Gasteiger partial charge in [-0.15, -0.1) is 0 Å². The number of carbonyl (C=O) groups excluding carboxylic acids is 2. The molecule has 0 bridgehead atoms. The van der Waals surface area contributed by atoms with E-state index in [4.69, 9.17) is 0 Å². The lowest BCUT2D eigenvalue weighted by Crippen LogP contribution is -2.46. The fraction of sp³-hybridized carbons (Fsp3) is 0.800. The molecule has 0 spiro atoms. The minimum absolute atomic E-state index is 0.0885. The van der Waals surface area contributed by atoms with Gasteiger partial charge in [-0.3, -0.25) is 9.59 Å². The summed E-state index contributed by atoms with van der Waals surface area (Å²) < 4.78 is 0. The van der Waals surface area contributed by atoms with E-state index in [0.29, 0.717) is 25.1 Å². The summed E-state index contributed by atoms with van der Waals surface area (Å²) >= 11 is 4.00. The Kier molecular flexibility index (Phi) is 8.18. The Morgan fingerprint density at radius 3 is 2.47 bits per heavy atom. The molecular formula is C10H20N2O2S. The summed E-state index contributed by atoms with van der Waals surface area (Å²) in [6.07, 6.45) is 1.94. The third-order valence-corrected chi connectivity index (χ3v) is 2.18. The molecule has 0 unspecified atom stereocenters. The third kappa shape index (κ3) is 6.38. The predicted octanol–water partition coefficient (Wildman–Crippen LogP) is 0.727. The first kappa shape index (κ1) is 14.3. The van der Waals surface area contributed by atoms with Crippen LogP contribution in [0.25, 0.3) is 0 Å². The highest BCUT2D eigenvalue weighted by molar-refractivity contribution is 7.80. The number of carbonyl (C=O) groups is 2. The van der Waals surface area contributed by atoms with Crippen molar-refractivity contribution < 1.29 is 9.59 Å². The van der Waals surface area contributed by atoms with Gasteiger partial charge in [-0.2, -0.15) is 12.6 Å². The lowest BCUT2D eigenvalue weighted by Gasteiger charge is -2.17. The maximum absolute atomic E-state index is 11.6. The van der Waals surface area contributed by atoms with E-state index in [1.165, 1.54) is 0 Å². The van der Waals surface area contributed by atoms with Crippen molar-refractivity contribution in [3.63, 3.8) is 0 Å². The maximum atomic E-state index is 11.6. The van der Waals surface area contributed by atoms with Gasteiger partial charge >= 0.3 is 0 Å². The standard InChI is InChI=1S/C10H20N2O2S/c1-3-5-8(12-9(13)4-2)10(14)11-6-7-15/h8,15H,3-7H2,1-2H3,(H,11,14)(H,12,13)/t8-/m0/s1. The van der Waals surface area contributed by atoms with E-state index in [9.17, 15) is 9.59 Å². The summed E-state index contributed by atoms with van der Waals surface area (Å²) in [6, 6.07) is -0.401. The molecule has 0 aromatic heterocycles. The van der Waals surface area contributed by atoms with Crippen molar-refractivity contribution in [3.8, 4) is 0 Å². The van der Waals surface area contributed by atoms with Gasteiger partial charge in [0.05, 0.1) is 0 Å². The van der Waals surface area contributed by atoms with Gasteiger partial charge in [0.15, 0.2) is 0 Å². The summed E-state index contributed by atoms with van der Waals surface area (Å²) in [5.41, 5.74) is 0. The van der Waals surface area contributed by atoms with E-state index in [2.05, 4.69) is 23.3 Å². The molecule has 0 aliphatic heterocycles. The van der Waals surface area contributed by atoms with Crippen molar-refractivity contribution in [3.05, 3.63) is 0 Å². The summed E-state index contributed by atoms with van der Waals surface area (Å²) in [7, 11) is 0. The molecule has 0 aromatic carbocycles. The number of nitrogens with one attached hydrogen (secondary N) is 2. The summed E-state index contributed by atoms with van der Waals surface area (Å²) in [4.78, 5) is 22.8. The van der Waals surface area contributed by atoms with Crippen LogP contribution in [0, 0.1) is 0 Å². The normalized spacial score (nSPS) is 11.9. The molecule has 0 aliphatic carbocycles. The Hall–Kier alpha value is -0.710. The van der Waals surface area contributed by atoms with Crippen molar-refractivity contribution in [1.82, 2.24) is 10.6 Å². The van der Waals surface area contributed by atoms with E-state index in [-0.39, 0.29) is 11.8 Å². The average Bonchev–Trinajstić information content (AvgIpc) is 2.24. The van der Waals surface area contributed by atoms with Gasteiger partial charge in [-0.25, -0.2) is 0 Å². The summed E-state index contributed by atoms with van der Waals surface area (Å²) in [6.45, 7) is 4.28. The molecule has 0 saturated heterocycles. The van der Waals surface area contributed by atoms with Crippen molar-refractivity contribution in [1.29, 1.82) is 0 Å². The number of rotatable bonds is 7. The SMILES string of the molecule is CCC[C@H](NC(=O)CC)C(=O)NCCS. The Morgan fingerprint density at radius 2 is 2.00 bits per heavy atom. The second-order valence-corrected chi connectivity index (χ2v) is 3.72. The van der Waals surface area contributed by atoms with Crippen LogP contribution in [0.1, 0.15) is 33.1 Å². The molecule has 88 valence electrons. The van der Waals surface area contributed by atoms with Gasteiger partial charge in [0, 0.05) is 18.7 Å². The number of hydrogen-bond acceptors (Lipinski definition) is 3. The molecule has 0 radical (unpaired) electrons. The molecule has 0 fully saturated rings. The van der Waals surface area contributed by atoms with Gasteiger partial charge in [0.1, 0.15) is 6.04 Å². The van der Waals surface area contributed by atoms with Gasteiger partial charge in [0.25, 0.3) is 0 Å². The first-order chi connectivity index (χ1) is 7.15. The number of hydrogen-bond donors (Lipinski definition) is 3. The van der Waals surface area contributed by atoms with Gasteiger partial charge in [-0.05, 0) is 6.42 Å². The van der Waals surface area contributed by atoms with Crippen molar-refractivity contribution in [2.24, 2.45) is 0 Å². The van der Waals surface area contributed by atoms with Gasteiger partial charge < -0.3 is 10.6 Å². The van der Waals surface area contributed by atoms with Crippen LogP contribution >= 0.6 is 12.6 Å². The molecule has 0 saturated carbocycles. The Labute approximate surface area is 96.6 Å². The van der Waals surface area contributed by atoms with Gasteiger partial charge in [-0.1, -0.05) is 20.3 Å². The topological polar surface area (TPSA) is 58.2 Å². The van der Waals surface area contributed by atoms with Crippen LogP contribution in [-0.2, 0) is 9.59 Å². The van der Waals surface area contributed by atoms with E-state index in [0.717, 1.165) is 6.42 Å². The molecule has 0 aromatic rings. The second-order valence-electron chi connectivity index (χ2n) is 3.28. The highest BCUT2D eigenvalue weighted by Gasteiger charge is 2.18. The van der Waals surface area contributed by atoms with Crippen molar-refractivity contribution >= 4 is 24.4 Å². The van der Waals surface area contributed by atoms with Crippen molar-refractivity contribution in [2.75, 3.05) is 12.3 Å². The molecule has 5 heteroatoms. The van der Waals surface area contributed by atoms with Crippen LogP contribution in [0.4, 0.5) is 0 Å². The Balaban J connectivity index is 4.11. The van der Waals surface area contributed by atoms with E-state index >= 15 is 0 Å². The molecular weight excluding hydrogens is 212 g/mol. The fourth-order valence-corrected chi connectivity index (χ4v) is 1.27. The minimum Gasteiger partial charge on any atom is -0.353 e. The van der Waals surface area contributed by atoms with Crippen LogP contribution in [0.3, 0.4) is 0 Å². The molecule has 4 nitrogen and oxygen atoms in total. The van der Waals surface area contributed by atoms with E-state index in [1.807, 2.05) is 6.92 Å². The van der Waals surface area contributed by atoms with Crippen molar-refractivity contribution in [2.45, 2.75) is 39.2 Å².